The maximum absolute atomic E-state index is 13.4. The van der Waals surface area contributed by atoms with Crippen LogP contribution in [0, 0.1) is 5.82 Å². The van der Waals surface area contributed by atoms with Crippen LogP contribution in [0.4, 0.5) is 4.39 Å². The van der Waals surface area contributed by atoms with Gasteiger partial charge in [-0.2, -0.15) is 0 Å². The Morgan fingerprint density at radius 1 is 1.21 bits per heavy atom. The third-order valence-corrected chi connectivity index (χ3v) is 4.03. The van der Waals surface area contributed by atoms with E-state index in [0.717, 1.165) is 11.1 Å². The van der Waals surface area contributed by atoms with Crippen LogP contribution in [0.2, 0.25) is 5.02 Å². The third-order valence-electron chi connectivity index (χ3n) is 2.98. The molecule has 100 valence electrons. The molecule has 2 aromatic rings. The highest BCUT2D eigenvalue weighted by atomic mass is 35.5. The van der Waals surface area contributed by atoms with Crippen LogP contribution in [0.1, 0.15) is 17.2 Å². The second-order valence-electron chi connectivity index (χ2n) is 4.33. The number of hydrogen-bond acceptors (Lipinski definition) is 2. The maximum Gasteiger partial charge on any atom is 0.142 e. The molecule has 2 N–H and O–H groups in total. The molecular formula is C15H15ClFNS. The molecule has 4 heteroatoms. The smallest absolute Gasteiger partial charge is 0.142 e. The molecule has 0 saturated carbocycles. The lowest BCUT2D eigenvalue weighted by Gasteiger charge is -2.13. The lowest BCUT2D eigenvalue weighted by Crippen LogP contribution is -2.13. The van der Waals surface area contributed by atoms with Crippen molar-refractivity contribution in [2.45, 2.75) is 17.4 Å². The summed E-state index contributed by atoms with van der Waals surface area (Å²) >= 11 is 7.35. The predicted molar refractivity (Wildman–Crippen MR) is 80.3 cm³/mol. The van der Waals surface area contributed by atoms with Gasteiger partial charge in [0, 0.05) is 10.9 Å². The van der Waals surface area contributed by atoms with Crippen molar-refractivity contribution in [3.8, 4) is 0 Å². The van der Waals surface area contributed by atoms with Gasteiger partial charge >= 0.3 is 0 Å². The quantitative estimate of drug-likeness (QED) is 0.844. The molecule has 1 nitrogen and oxygen atoms in total. The van der Waals surface area contributed by atoms with Gasteiger partial charge in [-0.3, -0.25) is 0 Å². The second kappa shape index (κ2) is 6.42. The molecule has 0 aliphatic rings. The first-order chi connectivity index (χ1) is 9.10. The summed E-state index contributed by atoms with van der Waals surface area (Å²) in [6.45, 7) is 0. The Morgan fingerprint density at radius 3 is 2.47 bits per heavy atom. The summed E-state index contributed by atoms with van der Waals surface area (Å²) in [5, 5.41) is 0.140. The Morgan fingerprint density at radius 2 is 1.89 bits per heavy atom. The fourth-order valence-electron chi connectivity index (χ4n) is 1.89. The van der Waals surface area contributed by atoms with Crippen molar-refractivity contribution in [3.05, 3.63) is 64.4 Å². The van der Waals surface area contributed by atoms with Gasteiger partial charge in [-0.1, -0.05) is 29.8 Å². The van der Waals surface area contributed by atoms with Crippen molar-refractivity contribution >= 4 is 23.4 Å². The van der Waals surface area contributed by atoms with Gasteiger partial charge in [-0.05, 0) is 48.1 Å². The molecule has 0 amide bonds. The standard InChI is InChI=1S/C15H15ClFNS/c1-19-12-5-3-11(4-6-12)15(18)9-10-2-7-13(16)14(17)8-10/h2-8,15H,9,18H2,1H3. The molecule has 0 bridgehead atoms. The number of nitrogens with two attached hydrogens (primary N) is 1. The van der Waals surface area contributed by atoms with Crippen molar-refractivity contribution in [2.75, 3.05) is 6.26 Å². The van der Waals surface area contributed by atoms with Crippen molar-refractivity contribution in [2.24, 2.45) is 5.73 Å². The van der Waals surface area contributed by atoms with Crippen LogP contribution in [0.5, 0.6) is 0 Å². The molecule has 1 unspecified atom stereocenters. The van der Waals surface area contributed by atoms with Gasteiger partial charge in [0.15, 0.2) is 0 Å². The number of thioether (sulfide) groups is 1. The van der Waals surface area contributed by atoms with E-state index >= 15 is 0 Å². The summed E-state index contributed by atoms with van der Waals surface area (Å²) < 4.78 is 13.4. The zero-order valence-corrected chi connectivity index (χ0v) is 12.1. The van der Waals surface area contributed by atoms with Crippen molar-refractivity contribution in [1.29, 1.82) is 0 Å². The summed E-state index contributed by atoms with van der Waals surface area (Å²) in [4.78, 5) is 1.20. The fraction of sp³-hybridized carbons (Fsp3) is 0.200. The van der Waals surface area contributed by atoms with Gasteiger partial charge in [0.25, 0.3) is 0 Å². The van der Waals surface area contributed by atoms with Crippen LogP contribution in [-0.4, -0.2) is 6.26 Å². The van der Waals surface area contributed by atoms with Crippen LogP contribution in [0.3, 0.4) is 0 Å². The zero-order chi connectivity index (χ0) is 13.8. The van der Waals surface area contributed by atoms with E-state index < -0.39 is 5.82 Å². The zero-order valence-electron chi connectivity index (χ0n) is 10.6. The number of halogens is 2. The highest BCUT2D eigenvalue weighted by Crippen LogP contribution is 2.22. The molecule has 0 fully saturated rings. The molecule has 1 atom stereocenters. The van der Waals surface area contributed by atoms with E-state index in [9.17, 15) is 4.39 Å². The van der Waals surface area contributed by atoms with Crippen LogP contribution >= 0.6 is 23.4 Å². The molecule has 0 saturated heterocycles. The first-order valence-electron chi connectivity index (χ1n) is 5.93. The van der Waals surface area contributed by atoms with E-state index in [0.29, 0.717) is 6.42 Å². The molecule has 0 aliphatic heterocycles. The maximum atomic E-state index is 13.4. The SMILES string of the molecule is CSc1ccc(C(N)Cc2ccc(Cl)c(F)c2)cc1. The van der Waals surface area contributed by atoms with E-state index in [2.05, 4.69) is 0 Å². The summed E-state index contributed by atoms with van der Waals surface area (Å²) in [5.74, 6) is -0.399. The van der Waals surface area contributed by atoms with E-state index in [1.54, 1.807) is 17.8 Å². The summed E-state index contributed by atoms with van der Waals surface area (Å²) in [6, 6.07) is 12.8. The Bertz CT molecular complexity index is 557. The van der Waals surface area contributed by atoms with Crippen molar-refractivity contribution in [1.82, 2.24) is 0 Å². The number of hydrogen-bond donors (Lipinski definition) is 1. The van der Waals surface area contributed by atoms with Gasteiger partial charge in [0.2, 0.25) is 0 Å². The third kappa shape index (κ3) is 3.72. The summed E-state index contributed by atoms with van der Waals surface area (Å²) in [7, 11) is 0. The topological polar surface area (TPSA) is 26.0 Å². The average molecular weight is 296 g/mol. The molecule has 0 spiro atoms. The van der Waals surface area contributed by atoms with Gasteiger partial charge in [0.1, 0.15) is 5.82 Å². The van der Waals surface area contributed by atoms with E-state index in [-0.39, 0.29) is 11.1 Å². The molecule has 19 heavy (non-hydrogen) atoms. The molecule has 0 heterocycles. The van der Waals surface area contributed by atoms with Gasteiger partial charge in [-0.15, -0.1) is 11.8 Å². The Balaban J connectivity index is 2.10. The molecule has 0 radical (unpaired) electrons. The number of benzene rings is 2. The fourth-order valence-corrected chi connectivity index (χ4v) is 2.42. The minimum atomic E-state index is -0.399. The average Bonchev–Trinajstić information content (AvgIpc) is 2.43. The Kier molecular flexibility index (Phi) is 4.86. The highest BCUT2D eigenvalue weighted by Gasteiger charge is 2.09. The molecule has 2 rings (SSSR count). The van der Waals surface area contributed by atoms with Crippen LogP contribution in [0.15, 0.2) is 47.4 Å². The van der Waals surface area contributed by atoms with E-state index in [1.165, 1.54) is 11.0 Å². The monoisotopic (exact) mass is 295 g/mol. The van der Waals surface area contributed by atoms with Crippen LogP contribution < -0.4 is 5.73 Å². The van der Waals surface area contributed by atoms with Crippen LogP contribution in [0.25, 0.3) is 0 Å². The van der Waals surface area contributed by atoms with Crippen molar-refractivity contribution in [3.63, 3.8) is 0 Å². The highest BCUT2D eigenvalue weighted by molar-refractivity contribution is 7.98. The first kappa shape index (κ1) is 14.4. The molecule has 0 aromatic heterocycles. The molecule has 2 aromatic carbocycles. The summed E-state index contributed by atoms with van der Waals surface area (Å²) in [6.07, 6.45) is 2.62. The minimum absolute atomic E-state index is 0.140. The van der Waals surface area contributed by atoms with Gasteiger partial charge in [0.05, 0.1) is 5.02 Å². The first-order valence-corrected chi connectivity index (χ1v) is 7.54. The largest absolute Gasteiger partial charge is 0.324 e. The minimum Gasteiger partial charge on any atom is -0.324 e. The Hall–Kier alpha value is -1.03. The van der Waals surface area contributed by atoms with Crippen molar-refractivity contribution < 1.29 is 4.39 Å². The Labute approximate surface area is 122 Å². The normalized spacial score (nSPS) is 12.4. The van der Waals surface area contributed by atoms with E-state index in [1.807, 2.05) is 36.6 Å². The van der Waals surface area contributed by atoms with Crippen LogP contribution in [-0.2, 0) is 6.42 Å². The summed E-state index contributed by atoms with van der Waals surface area (Å²) in [5.41, 5.74) is 8.04. The second-order valence-corrected chi connectivity index (χ2v) is 5.62. The van der Waals surface area contributed by atoms with Gasteiger partial charge in [-0.25, -0.2) is 4.39 Å². The van der Waals surface area contributed by atoms with Gasteiger partial charge < -0.3 is 5.73 Å². The molecular weight excluding hydrogens is 281 g/mol. The van der Waals surface area contributed by atoms with E-state index in [4.69, 9.17) is 17.3 Å². The lowest BCUT2D eigenvalue weighted by atomic mass is 10.00. The predicted octanol–water partition coefficient (Wildman–Crippen LogP) is 4.44. The number of rotatable bonds is 4. The lowest BCUT2D eigenvalue weighted by molar-refractivity contribution is 0.622. The molecule has 0 aliphatic carbocycles.